The molecule has 0 aliphatic carbocycles. The molecule has 7 heteroatoms. The van der Waals surface area contributed by atoms with Gasteiger partial charge in [0.2, 0.25) is 0 Å². The molecule has 0 aliphatic heterocycles. The topological polar surface area (TPSA) is 93.1 Å². The molecule has 200 valence electrons. The zero-order valence-corrected chi connectivity index (χ0v) is 22.2. The first-order valence-electron chi connectivity index (χ1n) is 12.6. The van der Waals surface area contributed by atoms with Crippen molar-refractivity contribution in [2.45, 2.75) is 39.5 Å². The number of carbonyl (C=O) groups excluding carboxylic acids is 2. The molecule has 0 heterocycles. The van der Waals surface area contributed by atoms with Crippen LogP contribution in [-0.2, 0) is 32.2 Å². The molecule has 39 heavy (non-hydrogen) atoms. The molecule has 4 rings (SSSR count). The van der Waals surface area contributed by atoms with Crippen molar-refractivity contribution in [3.05, 3.63) is 102 Å². The minimum Gasteiger partial charge on any atom is -0.482 e. The molecule has 0 fully saturated rings. The Labute approximate surface area is 227 Å². The highest BCUT2D eigenvalue weighted by molar-refractivity contribution is 6.31. The van der Waals surface area contributed by atoms with E-state index in [1.807, 2.05) is 84.9 Å². The highest BCUT2D eigenvalue weighted by atomic mass is 16.6. The van der Waals surface area contributed by atoms with E-state index in [9.17, 15) is 19.5 Å². The Hall–Kier alpha value is -4.65. The summed E-state index contributed by atoms with van der Waals surface area (Å²) >= 11 is 0. The third-order valence-electron chi connectivity index (χ3n) is 5.98. The summed E-state index contributed by atoms with van der Waals surface area (Å²) in [5, 5.41) is 11.6. The van der Waals surface area contributed by atoms with Gasteiger partial charge in [-0.25, -0.2) is 9.59 Å². The quantitative estimate of drug-likeness (QED) is 0.229. The van der Waals surface area contributed by atoms with Crippen LogP contribution >= 0.6 is 0 Å². The fraction of sp³-hybridized carbons (Fsp3) is 0.219. The summed E-state index contributed by atoms with van der Waals surface area (Å²) in [6, 6.07) is 28.7. The molecule has 0 bridgehead atoms. The zero-order valence-electron chi connectivity index (χ0n) is 22.2. The first kappa shape index (κ1) is 27.4. The lowest BCUT2D eigenvalue weighted by Gasteiger charge is -2.23. The summed E-state index contributed by atoms with van der Waals surface area (Å²) in [4.78, 5) is 38.0. The summed E-state index contributed by atoms with van der Waals surface area (Å²) in [6.07, 6.45) is 0. The number of carboxylic acid groups (broad SMARTS) is 1. The maximum Gasteiger partial charge on any atom is 0.394 e. The molecule has 0 radical (unpaired) electrons. The summed E-state index contributed by atoms with van der Waals surface area (Å²) in [7, 11) is 0. The van der Waals surface area contributed by atoms with Crippen molar-refractivity contribution < 1.29 is 29.0 Å². The Kier molecular flexibility index (Phi) is 8.30. The van der Waals surface area contributed by atoms with Crippen LogP contribution in [0.15, 0.2) is 91.0 Å². The van der Waals surface area contributed by atoms with Gasteiger partial charge in [0.1, 0.15) is 11.4 Å². The molecule has 0 unspecified atom stereocenters. The first-order valence-corrected chi connectivity index (χ1v) is 12.6. The van der Waals surface area contributed by atoms with Crippen molar-refractivity contribution in [3.8, 4) is 16.9 Å². The van der Waals surface area contributed by atoms with Crippen LogP contribution in [-0.4, -0.2) is 40.1 Å². The van der Waals surface area contributed by atoms with Gasteiger partial charge in [-0.15, -0.1) is 0 Å². The normalized spacial score (nSPS) is 11.2. The molecule has 0 spiro atoms. The second kappa shape index (κ2) is 11.8. The van der Waals surface area contributed by atoms with Crippen molar-refractivity contribution in [1.82, 2.24) is 4.90 Å². The predicted molar refractivity (Wildman–Crippen MR) is 149 cm³/mol. The molecule has 0 aliphatic rings. The average molecular weight is 526 g/mol. The molecule has 0 atom stereocenters. The molecule has 4 aromatic carbocycles. The number of amides is 1. The van der Waals surface area contributed by atoms with E-state index in [0.717, 1.165) is 27.5 Å². The summed E-state index contributed by atoms with van der Waals surface area (Å²) in [6.45, 7) is 5.06. The van der Waals surface area contributed by atoms with Gasteiger partial charge < -0.3 is 19.5 Å². The van der Waals surface area contributed by atoms with Crippen LogP contribution in [0.4, 0.5) is 0 Å². The van der Waals surface area contributed by atoms with Crippen LogP contribution in [0.5, 0.6) is 5.75 Å². The summed E-state index contributed by atoms with van der Waals surface area (Å²) < 4.78 is 11.3. The van der Waals surface area contributed by atoms with Gasteiger partial charge in [-0.05, 0) is 54.3 Å². The number of hydrogen-bond acceptors (Lipinski definition) is 5. The maximum absolute atomic E-state index is 12.6. The Morgan fingerprint density at radius 2 is 1.51 bits per heavy atom. The number of nitrogens with zero attached hydrogens (tertiary/aromatic N) is 1. The number of benzene rings is 4. The van der Waals surface area contributed by atoms with Crippen LogP contribution in [0.1, 0.15) is 31.9 Å². The second-order valence-corrected chi connectivity index (χ2v) is 10.2. The van der Waals surface area contributed by atoms with Gasteiger partial charge in [0.15, 0.2) is 6.61 Å². The number of hydrogen-bond donors (Lipinski definition) is 1. The molecular weight excluding hydrogens is 494 g/mol. The Bertz CT molecular complexity index is 1480. The van der Waals surface area contributed by atoms with Crippen molar-refractivity contribution in [2.24, 2.45) is 0 Å². The number of rotatable bonds is 8. The van der Waals surface area contributed by atoms with E-state index in [1.54, 1.807) is 26.8 Å². The van der Waals surface area contributed by atoms with E-state index in [2.05, 4.69) is 0 Å². The zero-order chi connectivity index (χ0) is 28.0. The van der Waals surface area contributed by atoms with Gasteiger partial charge in [-0.2, -0.15) is 0 Å². The standard InChI is InChI=1S/C32H31NO6/c1-32(2,3)39-29(34)21-38-28-18-24(27-15-9-13-23-12-7-8-14-26(23)27)16-17-25(28)20-33(30(35)31(36)37)19-22-10-5-4-6-11-22/h4-18H,19-21H2,1-3H3,(H,36,37). The second-order valence-electron chi connectivity index (χ2n) is 10.2. The number of aliphatic carboxylic acids is 1. The number of carboxylic acids is 1. The number of fused-ring (bicyclic) bond motifs is 1. The Morgan fingerprint density at radius 3 is 2.23 bits per heavy atom. The highest BCUT2D eigenvalue weighted by Crippen LogP contribution is 2.33. The minimum absolute atomic E-state index is 0.0283. The minimum atomic E-state index is -1.55. The van der Waals surface area contributed by atoms with Crippen LogP contribution in [0.3, 0.4) is 0 Å². The van der Waals surface area contributed by atoms with Gasteiger partial charge in [0.25, 0.3) is 0 Å². The van der Waals surface area contributed by atoms with Crippen molar-refractivity contribution >= 4 is 28.6 Å². The van der Waals surface area contributed by atoms with Gasteiger partial charge >= 0.3 is 17.8 Å². The van der Waals surface area contributed by atoms with Crippen molar-refractivity contribution in [2.75, 3.05) is 6.61 Å². The van der Waals surface area contributed by atoms with Crippen LogP contribution in [0.25, 0.3) is 21.9 Å². The van der Waals surface area contributed by atoms with E-state index in [4.69, 9.17) is 9.47 Å². The Morgan fingerprint density at radius 1 is 0.821 bits per heavy atom. The van der Waals surface area contributed by atoms with E-state index >= 15 is 0 Å². The fourth-order valence-corrected chi connectivity index (χ4v) is 4.32. The van der Waals surface area contributed by atoms with Crippen molar-refractivity contribution in [3.63, 3.8) is 0 Å². The monoisotopic (exact) mass is 525 g/mol. The molecule has 0 saturated carbocycles. The lowest BCUT2D eigenvalue weighted by Crippen LogP contribution is -2.35. The smallest absolute Gasteiger partial charge is 0.394 e. The molecule has 1 N–H and O–H groups in total. The van der Waals surface area contributed by atoms with E-state index in [-0.39, 0.29) is 19.7 Å². The summed E-state index contributed by atoms with van der Waals surface area (Å²) in [5.41, 5.74) is 2.51. The van der Waals surface area contributed by atoms with Crippen LogP contribution in [0, 0.1) is 0 Å². The van der Waals surface area contributed by atoms with Crippen LogP contribution < -0.4 is 4.74 Å². The highest BCUT2D eigenvalue weighted by Gasteiger charge is 2.24. The van der Waals surface area contributed by atoms with Crippen molar-refractivity contribution in [1.29, 1.82) is 0 Å². The van der Waals surface area contributed by atoms with E-state index in [0.29, 0.717) is 11.3 Å². The van der Waals surface area contributed by atoms with Gasteiger partial charge in [-0.1, -0.05) is 84.9 Å². The molecule has 0 saturated heterocycles. The molecular formula is C32H31NO6. The largest absolute Gasteiger partial charge is 0.482 e. The third kappa shape index (κ3) is 7.23. The van der Waals surface area contributed by atoms with Gasteiger partial charge in [0.05, 0.1) is 6.54 Å². The lowest BCUT2D eigenvalue weighted by atomic mass is 9.97. The molecule has 0 aromatic heterocycles. The summed E-state index contributed by atoms with van der Waals surface area (Å²) in [5.74, 6) is -2.75. The average Bonchev–Trinajstić information content (AvgIpc) is 2.91. The fourth-order valence-electron chi connectivity index (χ4n) is 4.32. The molecule has 4 aromatic rings. The SMILES string of the molecule is CC(C)(C)OC(=O)COc1cc(-c2cccc3ccccc23)ccc1CN(Cc1ccccc1)C(=O)C(=O)O. The molecule has 7 nitrogen and oxygen atoms in total. The number of ether oxygens (including phenoxy) is 2. The Balaban J connectivity index is 1.71. The lowest BCUT2D eigenvalue weighted by molar-refractivity contribution is -0.157. The third-order valence-corrected chi connectivity index (χ3v) is 5.98. The maximum atomic E-state index is 12.6. The van der Waals surface area contributed by atoms with Crippen LogP contribution in [0.2, 0.25) is 0 Å². The number of esters is 1. The number of carbonyl (C=O) groups is 3. The van der Waals surface area contributed by atoms with E-state index in [1.165, 1.54) is 4.90 Å². The first-order chi connectivity index (χ1) is 18.6. The predicted octanol–water partition coefficient (Wildman–Crippen LogP) is 5.84. The van der Waals surface area contributed by atoms with E-state index < -0.39 is 23.4 Å². The van der Waals surface area contributed by atoms with Gasteiger partial charge in [-0.3, -0.25) is 4.79 Å². The molecule has 1 amide bonds. The van der Waals surface area contributed by atoms with Gasteiger partial charge in [0, 0.05) is 12.1 Å².